The molecule has 1 fully saturated rings. The molecule has 1 aliphatic rings. The average Bonchev–Trinajstić information content (AvgIpc) is 2.61. The van der Waals surface area contributed by atoms with Crippen molar-refractivity contribution in [3.05, 3.63) is 36.5 Å². The minimum Gasteiger partial charge on any atom is -0.324 e. The summed E-state index contributed by atoms with van der Waals surface area (Å²) in [7, 11) is -3.36. The maximum atomic E-state index is 12.6. The van der Waals surface area contributed by atoms with Crippen LogP contribution in [0.5, 0.6) is 0 Å². The van der Waals surface area contributed by atoms with E-state index < -0.39 is 14.8 Å². The summed E-state index contributed by atoms with van der Waals surface area (Å²) in [6.45, 7) is 5.06. The third-order valence-electron chi connectivity index (χ3n) is 5.08. The van der Waals surface area contributed by atoms with Gasteiger partial charge in [-0.2, -0.15) is 0 Å². The van der Waals surface area contributed by atoms with Crippen LogP contribution in [0.15, 0.2) is 36.5 Å². The van der Waals surface area contributed by atoms with Crippen LogP contribution in [-0.4, -0.2) is 30.1 Å². The fourth-order valence-electron chi connectivity index (χ4n) is 3.25. The summed E-state index contributed by atoms with van der Waals surface area (Å²) < 4.78 is 26.5. The summed E-state index contributed by atoms with van der Waals surface area (Å²) in [6.07, 6.45) is 4.35. The zero-order valence-corrected chi connectivity index (χ0v) is 16.8. The molecular formula is C20H27N3O3S. The lowest BCUT2D eigenvalue weighted by Gasteiger charge is -2.30. The lowest BCUT2D eigenvalue weighted by molar-refractivity contribution is -0.120. The van der Waals surface area contributed by atoms with Crippen LogP contribution in [0.3, 0.4) is 0 Å². The van der Waals surface area contributed by atoms with Gasteiger partial charge in [-0.25, -0.2) is 13.1 Å². The molecule has 0 unspecified atom stereocenters. The number of hydrogen-bond donors (Lipinski definition) is 2. The molecule has 1 amide bonds. The minimum atomic E-state index is -3.36. The van der Waals surface area contributed by atoms with Gasteiger partial charge >= 0.3 is 0 Å². The number of carbonyl (C=O) groups excluding carboxylic acids is 1. The van der Waals surface area contributed by atoms with E-state index in [2.05, 4.69) is 15.0 Å². The Bertz CT molecular complexity index is 927. The van der Waals surface area contributed by atoms with Gasteiger partial charge in [0.05, 0.1) is 22.1 Å². The van der Waals surface area contributed by atoms with Gasteiger partial charge in [0, 0.05) is 17.3 Å². The largest absolute Gasteiger partial charge is 0.324 e. The van der Waals surface area contributed by atoms with Crippen molar-refractivity contribution in [1.82, 2.24) is 9.71 Å². The van der Waals surface area contributed by atoms with Crippen LogP contribution in [0, 0.1) is 5.92 Å². The first-order chi connectivity index (χ1) is 12.7. The molecule has 1 aromatic carbocycles. The number of aromatic nitrogens is 1. The SMILES string of the molecule is CC(C)(C)S(=O)(=O)NC1CCC(C(=O)Nc2cnc3ccccc3c2)CC1. The van der Waals surface area contributed by atoms with E-state index >= 15 is 0 Å². The number of fused-ring (bicyclic) bond motifs is 1. The first kappa shape index (κ1) is 19.8. The van der Waals surface area contributed by atoms with Crippen molar-refractivity contribution in [2.24, 2.45) is 5.92 Å². The average molecular weight is 390 g/mol. The van der Waals surface area contributed by atoms with Crippen molar-refractivity contribution in [3.8, 4) is 0 Å². The highest BCUT2D eigenvalue weighted by Crippen LogP contribution is 2.27. The fraction of sp³-hybridized carbons (Fsp3) is 0.500. The van der Waals surface area contributed by atoms with Crippen molar-refractivity contribution in [2.75, 3.05) is 5.32 Å². The van der Waals surface area contributed by atoms with Crippen LogP contribution in [0.2, 0.25) is 0 Å². The highest BCUT2D eigenvalue weighted by molar-refractivity contribution is 7.90. The molecule has 146 valence electrons. The summed E-state index contributed by atoms with van der Waals surface area (Å²) in [5.41, 5.74) is 1.58. The number of sulfonamides is 1. The van der Waals surface area contributed by atoms with Crippen molar-refractivity contribution < 1.29 is 13.2 Å². The lowest BCUT2D eigenvalue weighted by Crippen LogP contribution is -2.46. The molecule has 0 atom stereocenters. The summed E-state index contributed by atoms with van der Waals surface area (Å²) in [4.78, 5) is 16.9. The van der Waals surface area contributed by atoms with Gasteiger partial charge in [-0.15, -0.1) is 0 Å². The summed E-state index contributed by atoms with van der Waals surface area (Å²) >= 11 is 0. The van der Waals surface area contributed by atoms with Gasteiger partial charge in [0.15, 0.2) is 0 Å². The number of nitrogens with zero attached hydrogens (tertiary/aromatic N) is 1. The van der Waals surface area contributed by atoms with Gasteiger partial charge in [-0.3, -0.25) is 9.78 Å². The van der Waals surface area contributed by atoms with E-state index in [-0.39, 0.29) is 17.9 Å². The first-order valence-corrected chi connectivity index (χ1v) is 10.8. The van der Waals surface area contributed by atoms with Crippen LogP contribution in [0.1, 0.15) is 46.5 Å². The summed E-state index contributed by atoms with van der Waals surface area (Å²) in [6, 6.07) is 9.59. The normalized spacial score (nSPS) is 21.1. The van der Waals surface area contributed by atoms with Gasteiger partial charge in [-0.05, 0) is 58.6 Å². The minimum absolute atomic E-state index is 0.0239. The highest BCUT2D eigenvalue weighted by Gasteiger charge is 2.34. The number of amides is 1. The Labute approximate surface area is 160 Å². The molecule has 27 heavy (non-hydrogen) atoms. The molecule has 1 aliphatic carbocycles. The van der Waals surface area contributed by atoms with Crippen LogP contribution in [0.4, 0.5) is 5.69 Å². The van der Waals surface area contributed by atoms with Crippen molar-refractivity contribution in [1.29, 1.82) is 0 Å². The Kier molecular flexibility index (Phi) is 5.53. The van der Waals surface area contributed by atoms with E-state index in [0.717, 1.165) is 10.9 Å². The van der Waals surface area contributed by atoms with E-state index in [9.17, 15) is 13.2 Å². The van der Waals surface area contributed by atoms with E-state index in [1.165, 1.54) is 0 Å². The molecule has 1 heterocycles. The Morgan fingerprint density at radius 2 is 1.78 bits per heavy atom. The first-order valence-electron chi connectivity index (χ1n) is 9.33. The zero-order chi connectivity index (χ0) is 19.7. The van der Waals surface area contributed by atoms with Gasteiger partial charge < -0.3 is 5.32 Å². The maximum Gasteiger partial charge on any atom is 0.227 e. The van der Waals surface area contributed by atoms with E-state index in [0.29, 0.717) is 31.4 Å². The topological polar surface area (TPSA) is 88.2 Å². The second kappa shape index (κ2) is 7.56. The fourth-order valence-corrected chi connectivity index (χ4v) is 4.28. The highest BCUT2D eigenvalue weighted by atomic mass is 32.2. The van der Waals surface area contributed by atoms with Crippen LogP contribution >= 0.6 is 0 Å². The second-order valence-electron chi connectivity index (χ2n) is 8.19. The number of hydrogen-bond acceptors (Lipinski definition) is 4. The van der Waals surface area contributed by atoms with Gasteiger partial charge in [0.25, 0.3) is 0 Å². The Balaban J connectivity index is 1.56. The smallest absolute Gasteiger partial charge is 0.227 e. The van der Waals surface area contributed by atoms with Gasteiger partial charge in [-0.1, -0.05) is 18.2 Å². The predicted octanol–water partition coefficient (Wildman–Crippen LogP) is 3.45. The molecule has 3 rings (SSSR count). The second-order valence-corrected chi connectivity index (χ2v) is 10.7. The lowest BCUT2D eigenvalue weighted by atomic mass is 9.86. The molecule has 1 saturated carbocycles. The Hall–Kier alpha value is -1.99. The number of pyridine rings is 1. The number of rotatable bonds is 4. The number of anilines is 1. The molecular weight excluding hydrogens is 362 g/mol. The molecule has 2 N–H and O–H groups in total. The van der Waals surface area contributed by atoms with Crippen LogP contribution < -0.4 is 10.0 Å². The number of para-hydroxylation sites is 1. The quantitative estimate of drug-likeness (QED) is 0.838. The zero-order valence-electron chi connectivity index (χ0n) is 16.0. The molecule has 0 aliphatic heterocycles. The van der Waals surface area contributed by atoms with Gasteiger partial charge in [0.1, 0.15) is 0 Å². The monoisotopic (exact) mass is 389 g/mol. The number of carbonyl (C=O) groups is 1. The molecule has 7 heteroatoms. The van der Waals surface area contributed by atoms with Crippen LogP contribution in [-0.2, 0) is 14.8 Å². The number of nitrogens with one attached hydrogen (secondary N) is 2. The van der Waals surface area contributed by atoms with Gasteiger partial charge in [0.2, 0.25) is 15.9 Å². The molecule has 6 nitrogen and oxygen atoms in total. The van der Waals surface area contributed by atoms with Crippen molar-refractivity contribution >= 4 is 32.5 Å². The molecule has 1 aromatic heterocycles. The Morgan fingerprint density at radius 3 is 2.44 bits per heavy atom. The Morgan fingerprint density at radius 1 is 1.11 bits per heavy atom. The van der Waals surface area contributed by atoms with Crippen LogP contribution in [0.25, 0.3) is 10.9 Å². The molecule has 0 saturated heterocycles. The predicted molar refractivity (Wildman–Crippen MR) is 108 cm³/mol. The standard InChI is InChI=1S/C20H27N3O3S/c1-20(2,3)27(25,26)23-16-10-8-14(9-11-16)19(24)22-17-12-15-6-4-5-7-18(15)21-13-17/h4-7,12-14,16,23H,8-11H2,1-3H3,(H,22,24). The maximum absolute atomic E-state index is 12.6. The molecule has 2 aromatic rings. The van der Waals surface area contributed by atoms with E-state index in [1.807, 2.05) is 30.3 Å². The number of benzene rings is 1. The summed E-state index contributed by atoms with van der Waals surface area (Å²) in [5, 5.41) is 3.93. The third-order valence-corrected chi connectivity index (χ3v) is 7.34. The molecule has 0 radical (unpaired) electrons. The molecule has 0 bridgehead atoms. The molecule has 0 spiro atoms. The van der Waals surface area contributed by atoms with E-state index in [4.69, 9.17) is 0 Å². The van der Waals surface area contributed by atoms with E-state index in [1.54, 1.807) is 27.0 Å². The van der Waals surface area contributed by atoms with Crippen molar-refractivity contribution in [3.63, 3.8) is 0 Å². The summed E-state index contributed by atoms with van der Waals surface area (Å²) in [5.74, 6) is -0.129. The third kappa shape index (κ3) is 4.65. The van der Waals surface area contributed by atoms with Crippen molar-refractivity contribution in [2.45, 2.75) is 57.2 Å².